The Kier molecular flexibility index (Phi) is 19.7. The molecule has 17 heavy (non-hydrogen) atoms. The molecule has 9 heteroatoms. The first-order chi connectivity index (χ1) is 7.25. The van der Waals surface area contributed by atoms with E-state index < -0.39 is 0 Å². The second-order valence-electron chi connectivity index (χ2n) is 3.21. The van der Waals surface area contributed by atoms with E-state index in [4.69, 9.17) is 9.47 Å². The van der Waals surface area contributed by atoms with Crippen LogP contribution in [-0.2, 0) is 51.8 Å². The molecule has 0 saturated heterocycles. The molecule has 0 saturated carbocycles. The van der Waals surface area contributed by atoms with E-state index in [0.717, 1.165) is 0 Å². The predicted molar refractivity (Wildman–Crippen MR) is 79.2 cm³/mol. The van der Waals surface area contributed by atoms with Crippen LogP contribution in [-0.4, -0.2) is 60.2 Å². The summed E-state index contributed by atoms with van der Waals surface area (Å²) in [6, 6.07) is 0. The fraction of sp³-hybridized carbons (Fsp3) is 0.750. The maximum Gasteiger partial charge on any atom is 0.139 e. The van der Waals surface area contributed by atoms with Crippen LogP contribution in [0.4, 0.5) is 0 Å². The Balaban J connectivity index is -0.000000218. The molecule has 0 heterocycles. The summed E-state index contributed by atoms with van der Waals surface area (Å²) in [6.45, 7) is 0.949. The minimum absolute atomic E-state index is 0. The number of thiocarbonyl (C=S) groups is 2. The van der Waals surface area contributed by atoms with Crippen LogP contribution in [0.25, 0.3) is 0 Å². The molecule has 0 rings (SSSR count). The van der Waals surface area contributed by atoms with E-state index in [2.05, 4.69) is 49.7 Å². The number of nitrogens with zero attached hydrogens (tertiary/aromatic N) is 2. The van der Waals surface area contributed by atoms with E-state index in [1.54, 1.807) is 0 Å². The van der Waals surface area contributed by atoms with E-state index >= 15 is 0 Å². The quantitative estimate of drug-likeness (QED) is 0.315. The summed E-state index contributed by atoms with van der Waals surface area (Å²) in [4.78, 5) is 3.69. The van der Waals surface area contributed by atoms with E-state index in [9.17, 15) is 0 Å². The standard InChI is InChI=1S/2C4H9NOS2.Mn/c2*1-5(2)3-6-4(7)8;/h2*3H2,1-2H3,(H,7,8);/p-2. The number of hydrogen-bond donors (Lipinski definition) is 0. The molecule has 4 nitrogen and oxygen atoms in total. The van der Waals surface area contributed by atoms with E-state index in [-0.39, 0.29) is 25.8 Å². The molecule has 103 valence electrons. The Hall–Kier alpha value is 0.659. The Bertz CT molecular complexity index is 196. The minimum Gasteiger partial charge on any atom is -0.498 e. The largest absolute Gasteiger partial charge is 0.498 e. The number of ether oxygens (including phenoxy) is 2. The molecule has 0 aliphatic carbocycles. The maximum absolute atomic E-state index is 4.78. The van der Waals surface area contributed by atoms with Gasteiger partial charge in [-0.25, -0.2) is 0 Å². The molecule has 0 aromatic heterocycles. The summed E-state index contributed by atoms with van der Waals surface area (Å²) in [7, 11) is 7.53. The van der Waals surface area contributed by atoms with Gasteiger partial charge in [0.2, 0.25) is 0 Å². The fourth-order valence-corrected chi connectivity index (χ4v) is 0.574. The summed E-state index contributed by atoms with van der Waals surface area (Å²) in [5.41, 5.74) is 0. The van der Waals surface area contributed by atoms with Crippen LogP contribution in [0.1, 0.15) is 0 Å². The van der Waals surface area contributed by atoms with Crippen molar-refractivity contribution in [1.29, 1.82) is 0 Å². The van der Waals surface area contributed by atoms with Gasteiger partial charge in [-0.15, -0.1) is 0 Å². The van der Waals surface area contributed by atoms with Gasteiger partial charge in [0.05, 0.1) is 0 Å². The van der Waals surface area contributed by atoms with Crippen LogP contribution in [0, 0.1) is 0 Å². The van der Waals surface area contributed by atoms with Gasteiger partial charge in [0.1, 0.15) is 13.5 Å². The van der Waals surface area contributed by atoms with Crippen LogP contribution in [0.3, 0.4) is 0 Å². The molecule has 0 aromatic rings. The zero-order chi connectivity index (χ0) is 13.1. The van der Waals surface area contributed by atoms with Gasteiger partial charge in [-0.05, 0) is 28.2 Å². The van der Waals surface area contributed by atoms with Gasteiger partial charge in [-0.1, -0.05) is 0 Å². The first-order valence-electron chi connectivity index (χ1n) is 4.22. The van der Waals surface area contributed by atoms with Gasteiger partial charge in [-0.2, -0.15) is 0 Å². The van der Waals surface area contributed by atoms with Crippen molar-refractivity contribution < 1.29 is 26.5 Å². The third-order valence-electron chi connectivity index (χ3n) is 0.881. The van der Waals surface area contributed by atoms with Gasteiger partial charge in [0.15, 0.2) is 0 Å². The molecule has 0 N–H and O–H groups in total. The zero-order valence-electron chi connectivity index (χ0n) is 10.1. The molecule has 0 aromatic carbocycles. The number of hydrogen-bond acceptors (Lipinski definition) is 8. The van der Waals surface area contributed by atoms with Crippen molar-refractivity contribution >= 4 is 58.5 Å². The van der Waals surface area contributed by atoms with Crippen LogP contribution in [0.2, 0.25) is 0 Å². The maximum atomic E-state index is 4.78. The Morgan fingerprint density at radius 2 is 1.12 bits per heavy atom. The predicted octanol–water partition coefficient (Wildman–Crippen LogP) is 0.705. The van der Waals surface area contributed by atoms with Crippen LogP contribution >= 0.6 is 24.4 Å². The summed E-state index contributed by atoms with van der Waals surface area (Å²) in [6.07, 6.45) is 0. The molecule has 0 atom stereocenters. The molecule has 0 spiro atoms. The molecule has 1 radical (unpaired) electrons. The zero-order valence-corrected chi connectivity index (χ0v) is 14.6. The summed E-state index contributed by atoms with van der Waals surface area (Å²) in [5, 5.41) is 0. The van der Waals surface area contributed by atoms with Crippen molar-refractivity contribution in [3.63, 3.8) is 0 Å². The van der Waals surface area contributed by atoms with E-state index in [1.807, 2.05) is 38.0 Å². The molecule has 0 aliphatic heterocycles. The van der Waals surface area contributed by atoms with Gasteiger partial charge < -0.3 is 59.2 Å². The molecular weight excluding hydrogens is 339 g/mol. The Labute approximate surface area is 136 Å². The Morgan fingerprint density at radius 3 is 1.18 bits per heavy atom. The average molecular weight is 355 g/mol. The number of rotatable bonds is 4. The minimum atomic E-state index is 0. The summed E-state index contributed by atoms with van der Waals surface area (Å²) < 4.78 is 9.91. The van der Waals surface area contributed by atoms with Gasteiger partial charge in [0, 0.05) is 25.8 Å². The second kappa shape index (κ2) is 14.7. The SMILES string of the molecule is CN(C)COC(=S)[S-].CN(C)COC(=S)[S-].[Mn]. The first kappa shape index (κ1) is 22.8. The van der Waals surface area contributed by atoms with Crippen LogP contribution in [0.15, 0.2) is 0 Å². The van der Waals surface area contributed by atoms with Crippen molar-refractivity contribution in [1.82, 2.24) is 9.80 Å². The van der Waals surface area contributed by atoms with E-state index in [1.165, 1.54) is 0 Å². The van der Waals surface area contributed by atoms with E-state index in [0.29, 0.717) is 13.5 Å². The van der Waals surface area contributed by atoms with Gasteiger partial charge in [0.25, 0.3) is 0 Å². The molecule has 0 amide bonds. The topological polar surface area (TPSA) is 24.9 Å². The molecule has 0 bridgehead atoms. The summed E-state index contributed by atoms with van der Waals surface area (Å²) >= 11 is 17.9. The molecule has 0 fully saturated rings. The molecule has 0 aliphatic rings. The van der Waals surface area contributed by atoms with Crippen molar-refractivity contribution in [2.75, 3.05) is 41.7 Å². The van der Waals surface area contributed by atoms with Crippen molar-refractivity contribution in [3.8, 4) is 0 Å². The van der Waals surface area contributed by atoms with Crippen molar-refractivity contribution in [2.45, 2.75) is 0 Å². The first-order valence-corrected chi connectivity index (χ1v) is 5.86. The van der Waals surface area contributed by atoms with Crippen LogP contribution in [0.5, 0.6) is 0 Å². The fourth-order valence-electron chi connectivity index (χ4n) is 0.364. The third-order valence-corrected chi connectivity index (χ3v) is 1.35. The van der Waals surface area contributed by atoms with Crippen LogP contribution < -0.4 is 0 Å². The second-order valence-corrected chi connectivity index (χ2v) is 5.21. The average Bonchev–Trinajstić information content (AvgIpc) is 2.12. The van der Waals surface area contributed by atoms with Crippen molar-refractivity contribution in [2.24, 2.45) is 0 Å². The van der Waals surface area contributed by atoms with Crippen molar-refractivity contribution in [3.05, 3.63) is 0 Å². The molecular formula is C8H16MnN2O2S4-2. The smallest absolute Gasteiger partial charge is 0.139 e. The van der Waals surface area contributed by atoms with Gasteiger partial charge >= 0.3 is 0 Å². The normalized spacial score (nSPS) is 8.82. The molecule has 0 unspecified atom stereocenters. The third kappa shape index (κ3) is 31.5. The summed E-state index contributed by atoms with van der Waals surface area (Å²) in [5.74, 6) is 0. The Morgan fingerprint density at radius 1 is 0.882 bits per heavy atom. The monoisotopic (exact) mass is 355 g/mol. The van der Waals surface area contributed by atoms with Gasteiger partial charge in [-0.3, -0.25) is 9.80 Å².